The molecule has 0 saturated heterocycles. The Bertz CT molecular complexity index is 807. The molecule has 142 valence electrons. The molecule has 0 fully saturated rings. The SMILES string of the molecule is COCC(=O)N(Cc1ccc(F)cc1)CC1CC(c2ccc(F)cc2)=NO1. The normalized spacial score (nSPS) is 16.0. The Labute approximate surface area is 156 Å². The molecule has 0 N–H and O–H groups in total. The van der Waals surface area contributed by atoms with E-state index in [1.54, 1.807) is 29.2 Å². The number of nitrogens with zero attached hydrogens (tertiary/aromatic N) is 2. The molecule has 0 saturated carbocycles. The number of hydrogen-bond acceptors (Lipinski definition) is 4. The van der Waals surface area contributed by atoms with Gasteiger partial charge in [0.2, 0.25) is 5.91 Å². The first-order valence-electron chi connectivity index (χ1n) is 8.55. The first-order valence-corrected chi connectivity index (χ1v) is 8.55. The summed E-state index contributed by atoms with van der Waals surface area (Å²) < 4.78 is 31.1. The molecule has 1 atom stereocenters. The van der Waals surface area contributed by atoms with Gasteiger partial charge in [0.1, 0.15) is 18.2 Å². The second kappa shape index (κ2) is 8.73. The first-order chi connectivity index (χ1) is 13.0. The van der Waals surface area contributed by atoms with E-state index in [9.17, 15) is 13.6 Å². The molecule has 2 aromatic carbocycles. The van der Waals surface area contributed by atoms with Crippen LogP contribution in [0.1, 0.15) is 17.5 Å². The zero-order chi connectivity index (χ0) is 19.2. The van der Waals surface area contributed by atoms with E-state index < -0.39 is 0 Å². The van der Waals surface area contributed by atoms with Crippen LogP contribution in [-0.2, 0) is 20.9 Å². The molecule has 0 aromatic heterocycles. The molecule has 0 aliphatic carbocycles. The van der Waals surface area contributed by atoms with E-state index >= 15 is 0 Å². The lowest BCUT2D eigenvalue weighted by Crippen LogP contribution is -2.39. The average Bonchev–Trinajstić information content (AvgIpc) is 3.12. The lowest BCUT2D eigenvalue weighted by atomic mass is 10.0. The molecule has 1 unspecified atom stereocenters. The molecule has 2 aromatic rings. The van der Waals surface area contributed by atoms with E-state index in [2.05, 4.69) is 5.16 Å². The highest BCUT2D eigenvalue weighted by Gasteiger charge is 2.26. The summed E-state index contributed by atoms with van der Waals surface area (Å²) >= 11 is 0. The van der Waals surface area contributed by atoms with Gasteiger partial charge in [0.05, 0.1) is 12.3 Å². The van der Waals surface area contributed by atoms with Crippen LogP contribution in [0.2, 0.25) is 0 Å². The molecular weight excluding hydrogens is 354 g/mol. The minimum Gasteiger partial charge on any atom is -0.390 e. The molecule has 1 amide bonds. The molecule has 1 aliphatic heterocycles. The molecule has 1 aliphatic rings. The molecule has 5 nitrogen and oxygen atoms in total. The second-order valence-electron chi connectivity index (χ2n) is 6.31. The smallest absolute Gasteiger partial charge is 0.248 e. The van der Waals surface area contributed by atoms with Crippen LogP contribution in [0.25, 0.3) is 0 Å². The van der Waals surface area contributed by atoms with Crippen LogP contribution in [0.5, 0.6) is 0 Å². The third-order valence-electron chi connectivity index (χ3n) is 4.24. The Morgan fingerprint density at radius 1 is 1.15 bits per heavy atom. The Balaban J connectivity index is 1.64. The van der Waals surface area contributed by atoms with Crippen LogP contribution in [-0.4, -0.2) is 42.9 Å². The zero-order valence-electron chi connectivity index (χ0n) is 14.9. The van der Waals surface area contributed by atoms with Gasteiger partial charge in [-0.05, 0) is 35.4 Å². The highest BCUT2D eigenvalue weighted by molar-refractivity contribution is 6.01. The van der Waals surface area contributed by atoms with Crippen LogP contribution < -0.4 is 0 Å². The molecule has 1 heterocycles. The average molecular weight is 374 g/mol. The fraction of sp³-hybridized carbons (Fsp3) is 0.300. The van der Waals surface area contributed by atoms with Crippen LogP contribution in [0.15, 0.2) is 53.7 Å². The van der Waals surface area contributed by atoms with Gasteiger partial charge in [-0.2, -0.15) is 0 Å². The molecule has 27 heavy (non-hydrogen) atoms. The number of methoxy groups -OCH3 is 1. The van der Waals surface area contributed by atoms with E-state index in [0.29, 0.717) is 25.2 Å². The monoisotopic (exact) mass is 374 g/mol. The standard InChI is InChI=1S/C20H20F2N2O3/c1-26-13-20(25)24(11-14-2-6-16(21)7-3-14)12-18-10-19(23-27-18)15-4-8-17(22)9-5-15/h2-9,18H,10-13H2,1H3. The van der Waals surface area contributed by atoms with Crippen molar-refractivity contribution in [3.05, 3.63) is 71.3 Å². The molecule has 7 heteroatoms. The minimum atomic E-state index is -0.329. The van der Waals surface area contributed by atoms with Crippen molar-refractivity contribution in [3.63, 3.8) is 0 Å². The van der Waals surface area contributed by atoms with Gasteiger partial charge in [0, 0.05) is 20.1 Å². The molecule has 3 rings (SSSR count). The summed E-state index contributed by atoms with van der Waals surface area (Å²) in [5.74, 6) is -0.837. The Morgan fingerprint density at radius 2 is 1.78 bits per heavy atom. The predicted octanol–water partition coefficient (Wildman–Crippen LogP) is 3.13. The van der Waals surface area contributed by atoms with Gasteiger partial charge in [-0.1, -0.05) is 29.4 Å². The van der Waals surface area contributed by atoms with Crippen molar-refractivity contribution in [1.82, 2.24) is 4.90 Å². The maximum atomic E-state index is 13.1. The number of carbonyl (C=O) groups is 1. The number of oxime groups is 1. The Hall–Kier alpha value is -2.80. The molecule has 0 radical (unpaired) electrons. The number of benzene rings is 2. The number of ether oxygens (including phenoxy) is 1. The third kappa shape index (κ3) is 5.10. The number of amides is 1. The quantitative estimate of drug-likeness (QED) is 0.748. The molecular formula is C20H20F2N2O3. The van der Waals surface area contributed by atoms with Gasteiger partial charge < -0.3 is 14.5 Å². The van der Waals surface area contributed by atoms with Crippen LogP contribution in [0.3, 0.4) is 0 Å². The summed E-state index contributed by atoms with van der Waals surface area (Å²) in [6.45, 7) is 0.571. The third-order valence-corrected chi connectivity index (χ3v) is 4.24. The van der Waals surface area contributed by atoms with Gasteiger partial charge >= 0.3 is 0 Å². The van der Waals surface area contributed by atoms with Crippen molar-refractivity contribution >= 4 is 11.6 Å². The van der Waals surface area contributed by atoms with Gasteiger partial charge in [0.15, 0.2) is 6.10 Å². The summed E-state index contributed by atoms with van der Waals surface area (Å²) in [5, 5.41) is 4.07. The lowest BCUT2D eigenvalue weighted by Gasteiger charge is -2.24. The molecule has 0 spiro atoms. The fourth-order valence-electron chi connectivity index (χ4n) is 2.86. The summed E-state index contributed by atoms with van der Waals surface area (Å²) in [7, 11) is 1.45. The van der Waals surface area contributed by atoms with Crippen molar-refractivity contribution in [3.8, 4) is 0 Å². The lowest BCUT2D eigenvalue weighted by molar-refractivity contribution is -0.137. The van der Waals surface area contributed by atoms with Gasteiger partial charge in [-0.25, -0.2) is 8.78 Å². The van der Waals surface area contributed by atoms with Crippen molar-refractivity contribution in [2.24, 2.45) is 5.16 Å². The summed E-state index contributed by atoms with van der Waals surface area (Å²) in [6, 6.07) is 12.0. The van der Waals surface area contributed by atoms with E-state index in [1.807, 2.05) is 0 Å². The number of halogens is 2. The summed E-state index contributed by atoms with van der Waals surface area (Å²) in [4.78, 5) is 19.5. The number of hydrogen-bond donors (Lipinski definition) is 0. The number of carbonyl (C=O) groups excluding carboxylic acids is 1. The highest BCUT2D eigenvalue weighted by atomic mass is 19.1. The molecule has 0 bridgehead atoms. The maximum Gasteiger partial charge on any atom is 0.248 e. The topological polar surface area (TPSA) is 51.1 Å². The Kier molecular flexibility index (Phi) is 6.13. The zero-order valence-corrected chi connectivity index (χ0v) is 14.9. The van der Waals surface area contributed by atoms with E-state index in [0.717, 1.165) is 11.1 Å². The van der Waals surface area contributed by atoms with Gasteiger partial charge in [-0.15, -0.1) is 0 Å². The number of rotatable bonds is 7. The van der Waals surface area contributed by atoms with Crippen LogP contribution in [0, 0.1) is 11.6 Å². The van der Waals surface area contributed by atoms with Crippen molar-refractivity contribution in [1.29, 1.82) is 0 Å². The second-order valence-corrected chi connectivity index (χ2v) is 6.31. The fourth-order valence-corrected chi connectivity index (χ4v) is 2.86. The maximum absolute atomic E-state index is 13.1. The predicted molar refractivity (Wildman–Crippen MR) is 96.1 cm³/mol. The summed E-state index contributed by atoms with van der Waals surface area (Å²) in [5.41, 5.74) is 2.30. The largest absolute Gasteiger partial charge is 0.390 e. The van der Waals surface area contributed by atoms with E-state index in [1.165, 1.54) is 31.4 Å². The summed E-state index contributed by atoms with van der Waals surface area (Å²) in [6.07, 6.45) is 0.192. The minimum absolute atomic E-state index is 0.0560. The van der Waals surface area contributed by atoms with E-state index in [-0.39, 0.29) is 30.3 Å². The van der Waals surface area contributed by atoms with Crippen molar-refractivity contribution < 1.29 is 23.1 Å². The van der Waals surface area contributed by atoms with Gasteiger partial charge in [-0.3, -0.25) is 4.79 Å². The first kappa shape index (κ1) is 19.0. The highest BCUT2D eigenvalue weighted by Crippen LogP contribution is 2.19. The van der Waals surface area contributed by atoms with Crippen molar-refractivity contribution in [2.75, 3.05) is 20.3 Å². The van der Waals surface area contributed by atoms with E-state index in [4.69, 9.17) is 9.57 Å². The van der Waals surface area contributed by atoms with Gasteiger partial charge in [0.25, 0.3) is 0 Å². The van der Waals surface area contributed by atoms with Crippen LogP contribution in [0.4, 0.5) is 8.78 Å². The van der Waals surface area contributed by atoms with Crippen LogP contribution >= 0.6 is 0 Å². The Morgan fingerprint density at radius 3 is 2.41 bits per heavy atom. The van der Waals surface area contributed by atoms with Crippen molar-refractivity contribution in [2.45, 2.75) is 19.1 Å².